The average Bonchev–Trinajstić information content (AvgIpc) is 2.41. The second-order valence-electron chi connectivity index (χ2n) is 4.56. The lowest BCUT2D eigenvalue weighted by atomic mass is 9.95. The molecule has 0 saturated heterocycles. The Kier molecular flexibility index (Phi) is 4.61. The van der Waals surface area contributed by atoms with E-state index < -0.39 is 0 Å². The summed E-state index contributed by atoms with van der Waals surface area (Å²) in [7, 11) is 1.73. The van der Waals surface area contributed by atoms with Crippen molar-refractivity contribution in [3.63, 3.8) is 0 Å². The van der Waals surface area contributed by atoms with Crippen LogP contribution in [0.15, 0.2) is 18.2 Å². The van der Waals surface area contributed by atoms with Crippen LogP contribution in [0, 0.1) is 0 Å². The van der Waals surface area contributed by atoms with Crippen molar-refractivity contribution in [2.45, 2.75) is 37.9 Å². The molecular formula is C14H17ClO3. The van der Waals surface area contributed by atoms with Crippen LogP contribution >= 0.6 is 11.6 Å². The van der Waals surface area contributed by atoms with Crippen LogP contribution < -0.4 is 4.74 Å². The summed E-state index contributed by atoms with van der Waals surface area (Å²) in [5, 5.41) is 0.544. The maximum Gasteiger partial charge on any atom is 0.153 e. The van der Waals surface area contributed by atoms with Crippen LogP contribution in [-0.4, -0.2) is 25.6 Å². The van der Waals surface area contributed by atoms with E-state index in [-0.39, 0.29) is 12.2 Å². The molecule has 1 aliphatic carbocycles. The lowest BCUT2D eigenvalue weighted by Crippen LogP contribution is -2.29. The highest BCUT2D eigenvalue weighted by Crippen LogP contribution is 2.28. The van der Waals surface area contributed by atoms with Crippen molar-refractivity contribution in [1.29, 1.82) is 0 Å². The zero-order valence-corrected chi connectivity index (χ0v) is 11.2. The summed E-state index contributed by atoms with van der Waals surface area (Å²) in [5.41, 5.74) is 0.502. The molecule has 98 valence electrons. The van der Waals surface area contributed by atoms with Crippen molar-refractivity contribution >= 4 is 17.9 Å². The monoisotopic (exact) mass is 268 g/mol. The van der Waals surface area contributed by atoms with Crippen LogP contribution in [0.1, 0.15) is 36.0 Å². The molecule has 0 bridgehead atoms. The van der Waals surface area contributed by atoms with Gasteiger partial charge in [-0.2, -0.15) is 0 Å². The first-order valence-corrected chi connectivity index (χ1v) is 6.55. The number of hydrogen-bond donors (Lipinski definition) is 0. The van der Waals surface area contributed by atoms with E-state index in [0.29, 0.717) is 16.3 Å². The number of ether oxygens (including phenoxy) is 2. The lowest BCUT2D eigenvalue weighted by molar-refractivity contribution is 0.0208. The Bertz CT molecular complexity index is 420. The minimum atomic E-state index is 0.114. The van der Waals surface area contributed by atoms with Crippen LogP contribution in [0.5, 0.6) is 5.75 Å². The zero-order valence-electron chi connectivity index (χ0n) is 10.4. The Morgan fingerprint density at radius 3 is 2.83 bits per heavy atom. The fourth-order valence-electron chi connectivity index (χ4n) is 2.32. The van der Waals surface area contributed by atoms with Gasteiger partial charge in [0.15, 0.2) is 6.29 Å². The van der Waals surface area contributed by atoms with E-state index in [1.165, 1.54) is 0 Å². The van der Waals surface area contributed by atoms with E-state index in [0.717, 1.165) is 32.0 Å². The Morgan fingerprint density at radius 2 is 2.11 bits per heavy atom. The van der Waals surface area contributed by atoms with Crippen molar-refractivity contribution in [2.75, 3.05) is 7.11 Å². The first-order valence-electron chi connectivity index (χ1n) is 6.17. The third-order valence-corrected chi connectivity index (χ3v) is 3.54. The van der Waals surface area contributed by atoms with Gasteiger partial charge in [0.1, 0.15) is 11.9 Å². The van der Waals surface area contributed by atoms with Crippen LogP contribution in [0.2, 0.25) is 5.02 Å². The van der Waals surface area contributed by atoms with Crippen LogP contribution in [0.4, 0.5) is 0 Å². The third kappa shape index (κ3) is 3.24. The molecule has 4 heteroatoms. The summed E-state index contributed by atoms with van der Waals surface area (Å²) >= 11 is 5.85. The fraction of sp³-hybridized carbons (Fsp3) is 0.500. The molecular weight excluding hydrogens is 252 g/mol. The Hall–Kier alpha value is -1.06. The predicted molar refractivity (Wildman–Crippen MR) is 70.5 cm³/mol. The minimum absolute atomic E-state index is 0.114. The summed E-state index contributed by atoms with van der Waals surface area (Å²) in [6.07, 6.45) is 5.19. The first kappa shape index (κ1) is 13.4. The summed E-state index contributed by atoms with van der Waals surface area (Å²) < 4.78 is 11.3. The van der Waals surface area contributed by atoms with E-state index in [4.69, 9.17) is 21.1 Å². The van der Waals surface area contributed by atoms with E-state index in [1.54, 1.807) is 25.3 Å². The van der Waals surface area contributed by atoms with Crippen molar-refractivity contribution in [3.05, 3.63) is 28.8 Å². The van der Waals surface area contributed by atoms with Gasteiger partial charge in [-0.05, 0) is 37.5 Å². The predicted octanol–water partition coefficient (Wildman–Crippen LogP) is 3.49. The van der Waals surface area contributed by atoms with Gasteiger partial charge in [-0.25, -0.2) is 0 Å². The Balaban J connectivity index is 2.06. The Morgan fingerprint density at radius 1 is 1.33 bits per heavy atom. The highest BCUT2D eigenvalue weighted by atomic mass is 35.5. The van der Waals surface area contributed by atoms with Crippen LogP contribution in [0.25, 0.3) is 0 Å². The zero-order chi connectivity index (χ0) is 13.0. The number of carbonyl (C=O) groups excluding carboxylic acids is 1. The number of hydrogen-bond acceptors (Lipinski definition) is 3. The number of rotatable bonds is 4. The largest absolute Gasteiger partial charge is 0.490 e. The summed E-state index contributed by atoms with van der Waals surface area (Å²) in [6, 6.07) is 5.11. The van der Waals surface area contributed by atoms with E-state index in [9.17, 15) is 4.79 Å². The van der Waals surface area contributed by atoms with Gasteiger partial charge in [0.25, 0.3) is 0 Å². The SMILES string of the molecule is COC1CCCC(Oc2ccc(Cl)cc2C=O)C1. The average molecular weight is 269 g/mol. The highest BCUT2D eigenvalue weighted by molar-refractivity contribution is 6.30. The third-order valence-electron chi connectivity index (χ3n) is 3.30. The van der Waals surface area contributed by atoms with Crippen molar-refractivity contribution in [3.8, 4) is 5.75 Å². The van der Waals surface area contributed by atoms with Gasteiger partial charge in [-0.1, -0.05) is 11.6 Å². The van der Waals surface area contributed by atoms with E-state index >= 15 is 0 Å². The second-order valence-corrected chi connectivity index (χ2v) is 5.00. The number of carbonyl (C=O) groups is 1. The number of benzene rings is 1. The Labute approximate surface area is 112 Å². The minimum Gasteiger partial charge on any atom is -0.490 e. The molecule has 1 aromatic rings. The molecule has 3 nitrogen and oxygen atoms in total. The molecule has 2 unspecified atom stereocenters. The summed E-state index contributed by atoms with van der Waals surface area (Å²) in [5.74, 6) is 0.608. The molecule has 1 aromatic carbocycles. The molecule has 0 N–H and O–H groups in total. The molecule has 0 aliphatic heterocycles. The summed E-state index contributed by atoms with van der Waals surface area (Å²) in [6.45, 7) is 0. The van der Waals surface area contributed by atoms with Crippen molar-refractivity contribution in [2.24, 2.45) is 0 Å². The summed E-state index contributed by atoms with van der Waals surface area (Å²) in [4.78, 5) is 11.0. The van der Waals surface area contributed by atoms with Gasteiger partial charge >= 0.3 is 0 Å². The van der Waals surface area contributed by atoms with E-state index in [2.05, 4.69) is 0 Å². The number of methoxy groups -OCH3 is 1. The van der Waals surface area contributed by atoms with Gasteiger partial charge < -0.3 is 9.47 Å². The van der Waals surface area contributed by atoms with Gasteiger partial charge in [0, 0.05) is 18.6 Å². The molecule has 0 amide bonds. The molecule has 1 fully saturated rings. The standard InChI is InChI=1S/C14H17ClO3/c1-17-12-3-2-4-13(8-12)18-14-6-5-11(15)7-10(14)9-16/h5-7,9,12-13H,2-4,8H2,1H3. The molecule has 0 spiro atoms. The normalized spacial score (nSPS) is 23.7. The van der Waals surface area contributed by atoms with Gasteiger partial charge in [-0.3, -0.25) is 4.79 Å². The quantitative estimate of drug-likeness (QED) is 0.784. The second kappa shape index (κ2) is 6.21. The molecule has 0 heterocycles. The molecule has 1 aliphatic rings. The maximum absolute atomic E-state index is 11.0. The molecule has 18 heavy (non-hydrogen) atoms. The molecule has 0 radical (unpaired) electrons. The van der Waals surface area contributed by atoms with Crippen LogP contribution in [-0.2, 0) is 4.74 Å². The fourth-order valence-corrected chi connectivity index (χ4v) is 2.50. The molecule has 1 saturated carbocycles. The molecule has 0 aromatic heterocycles. The molecule has 2 atom stereocenters. The smallest absolute Gasteiger partial charge is 0.153 e. The molecule has 2 rings (SSSR count). The lowest BCUT2D eigenvalue weighted by Gasteiger charge is -2.29. The maximum atomic E-state index is 11.0. The highest BCUT2D eigenvalue weighted by Gasteiger charge is 2.23. The van der Waals surface area contributed by atoms with Gasteiger partial charge in [0.2, 0.25) is 0 Å². The van der Waals surface area contributed by atoms with Gasteiger partial charge in [0.05, 0.1) is 11.7 Å². The number of halogens is 1. The number of aldehydes is 1. The first-order chi connectivity index (χ1) is 8.72. The van der Waals surface area contributed by atoms with Crippen LogP contribution in [0.3, 0.4) is 0 Å². The van der Waals surface area contributed by atoms with E-state index in [1.807, 2.05) is 0 Å². The topological polar surface area (TPSA) is 35.5 Å². The van der Waals surface area contributed by atoms with Crippen molar-refractivity contribution < 1.29 is 14.3 Å². The van der Waals surface area contributed by atoms with Crippen molar-refractivity contribution in [1.82, 2.24) is 0 Å². The van der Waals surface area contributed by atoms with Gasteiger partial charge in [-0.15, -0.1) is 0 Å².